The van der Waals surface area contributed by atoms with Gasteiger partial charge in [0, 0.05) is 16.9 Å². The molecule has 1 aliphatic carbocycles. The number of hydrogen-bond acceptors (Lipinski definition) is 2. The molecular formula is C13H16BrCl2NO2S. The summed E-state index contributed by atoms with van der Waals surface area (Å²) >= 11 is 15.3. The van der Waals surface area contributed by atoms with Crippen LogP contribution in [-0.2, 0) is 10.0 Å². The zero-order chi connectivity index (χ0) is 14.8. The maximum atomic E-state index is 12.3. The molecule has 3 nitrogen and oxygen atoms in total. The molecule has 0 bridgehead atoms. The van der Waals surface area contributed by atoms with E-state index in [9.17, 15) is 8.42 Å². The van der Waals surface area contributed by atoms with Gasteiger partial charge >= 0.3 is 0 Å². The van der Waals surface area contributed by atoms with Gasteiger partial charge in [0.15, 0.2) is 0 Å². The highest BCUT2D eigenvalue weighted by molar-refractivity contribution is 9.09. The van der Waals surface area contributed by atoms with Gasteiger partial charge in [0.25, 0.3) is 0 Å². The number of halogens is 3. The van der Waals surface area contributed by atoms with E-state index in [0.717, 1.165) is 24.6 Å². The van der Waals surface area contributed by atoms with Crippen LogP contribution in [0.15, 0.2) is 23.1 Å². The number of benzene rings is 1. The first-order valence-corrected chi connectivity index (χ1v) is 9.81. The molecule has 1 saturated carbocycles. The Bertz CT molecular complexity index is 580. The maximum absolute atomic E-state index is 12.3. The van der Waals surface area contributed by atoms with Gasteiger partial charge in [-0.15, -0.1) is 0 Å². The molecule has 20 heavy (non-hydrogen) atoms. The lowest BCUT2D eigenvalue weighted by Gasteiger charge is -2.18. The standard InChI is InChI=1S/C13H16BrCl2NO2S/c14-7-9-2-1-3-10(9)8-17-20(18,19)13-6-11(15)4-5-12(13)16/h4-6,9-10,17H,1-3,7-8H2. The van der Waals surface area contributed by atoms with Crippen LogP contribution in [0, 0.1) is 11.8 Å². The van der Waals surface area contributed by atoms with Gasteiger partial charge in [-0.05, 0) is 42.9 Å². The van der Waals surface area contributed by atoms with Crippen molar-refractivity contribution >= 4 is 49.2 Å². The fourth-order valence-corrected chi connectivity index (χ4v) is 5.27. The SMILES string of the molecule is O=S(=O)(NCC1CCCC1CBr)c1cc(Cl)ccc1Cl. The van der Waals surface area contributed by atoms with Crippen LogP contribution in [-0.4, -0.2) is 20.3 Å². The minimum Gasteiger partial charge on any atom is -0.211 e. The van der Waals surface area contributed by atoms with Crippen molar-refractivity contribution in [2.45, 2.75) is 24.2 Å². The molecule has 112 valence electrons. The van der Waals surface area contributed by atoms with Crippen LogP contribution < -0.4 is 4.72 Å². The van der Waals surface area contributed by atoms with E-state index in [2.05, 4.69) is 20.7 Å². The molecule has 1 N–H and O–H groups in total. The van der Waals surface area contributed by atoms with Gasteiger partial charge in [-0.1, -0.05) is 45.6 Å². The molecule has 0 heterocycles. The fraction of sp³-hybridized carbons (Fsp3) is 0.538. The van der Waals surface area contributed by atoms with Crippen LogP contribution in [0.2, 0.25) is 10.0 Å². The van der Waals surface area contributed by atoms with Gasteiger partial charge in [-0.3, -0.25) is 0 Å². The Morgan fingerprint density at radius 3 is 2.65 bits per heavy atom. The van der Waals surface area contributed by atoms with E-state index in [1.54, 1.807) is 6.07 Å². The first-order chi connectivity index (χ1) is 9.44. The van der Waals surface area contributed by atoms with E-state index >= 15 is 0 Å². The van der Waals surface area contributed by atoms with Gasteiger partial charge in [-0.25, -0.2) is 13.1 Å². The van der Waals surface area contributed by atoms with Crippen molar-refractivity contribution < 1.29 is 8.42 Å². The van der Waals surface area contributed by atoms with Gasteiger partial charge in [0.05, 0.1) is 5.02 Å². The molecule has 2 atom stereocenters. The smallest absolute Gasteiger partial charge is 0.211 e. The summed E-state index contributed by atoms with van der Waals surface area (Å²) in [5, 5.41) is 1.46. The van der Waals surface area contributed by atoms with Crippen LogP contribution in [0.1, 0.15) is 19.3 Å². The molecule has 2 rings (SSSR count). The third-order valence-electron chi connectivity index (χ3n) is 3.73. The second kappa shape index (κ2) is 6.97. The number of nitrogens with one attached hydrogen (secondary N) is 1. The summed E-state index contributed by atoms with van der Waals surface area (Å²) in [6.07, 6.45) is 3.36. The van der Waals surface area contributed by atoms with Crippen LogP contribution in [0.25, 0.3) is 0 Å². The van der Waals surface area contributed by atoms with Crippen molar-refractivity contribution in [2.75, 3.05) is 11.9 Å². The van der Waals surface area contributed by atoms with Crippen molar-refractivity contribution in [3.63, 3.8) is 0 Å². The molecule has 7 heteroatoms. The zero-order valence-electron chi connectivity index (χ0n) is 10.8. The minimum absolute atomic E-state index is 0.0417. The van der Waals surface area contributed by atoms with Crippen LogP contribution >= 0.6 is 39.1 Å². The molecule has 1 aromatic carbocycles. The van der Waals surface area contributed by atoms with E-state index in [4.69, 9.17) is 23.2 Å². The van der Waals surface area contributed by atoms with Crippen molar-refractivity contribution in [3.05, 3.63) is 28.2 Å². The fourth-order valence-electron chi connectivity index (χ4n) is 2.56. The van der Waals surface area contributed by atoms with Gasteiger partial charge in [0.2, 0.25) is 10.0 Å². The number of alkyl halides is 1. The average Bonchev–Trinajstić information content (AvgIpc) is 2.86. The zero-order valence-corrected chi connectivity index (χ0v) is 14.7. The molecule has 0 saturated heterocycles. The van der Waals surface area contributed by atoms with Crippen LogP contribution in [0.4, 0.5) is 0 Å². The molecule has 1 fully saturated rings. The topological polar surface area (TPSA) is 46.2 Å². The Labute approximate surface area is 138 Å². The van der Waals surface area contributed by atoms with Crippen molar-refractivity contribution in [1.82, 2.24) is 4.72 Å². The largest absolute Gasteiger partial charge is 0.242 e. The molecule has 0 aromatic heterocycles. The van der Waals surface area contributed by atoms with Crippen molar-refractivity contribution in [2.24, 2.45) is 11.8 Å². The molecule has 0 spiro atoms. The summed E-state index contributed by atoms with van der Waals surface area (Å²) in [4.78, 5) is 0.0417. The monoisotopic (exact) mass is 399 g/mol. The molecule has 0 amide bonds. The second-order valence-electron chi connectivity index (χ2n) is 5.03. The number of rotatable bonds is 5. The van der Waals surface area contributed by atoms with Crippen molar-refractivity contribution in [3.8, 4) is 0 Å². The quantitative estimate of drug-likeness (QED) is 0.756. The highest BCUT2D eigenvalue weighted by Crippen LogP contribution is 2.33. The summed E-state index contributed by atoms with van der Waals surface area (Å²) in [7, 11) is -3.61. The lowest BCUT2D eigenvalue weighted by molar-refractivity contribution is 0.422. The summed E-state index contributed by atoms with van der Waals surface area (Å²) in [5.74, 6) is 0.912. The van der Waals surface area contributed by atoms with Crippen LogP contribution in [0.5, 0.6) is 0 Å². The van der Waals surface area contributed by atoms with Gasteiger partial charge in [0.1, 0.15) is 4.90 Å². The van der Waals surface area contributed by atoms with Gasteiger partial charge in [-0.2, -0.15) is 0 Å². The summed E-state index contributed by atoms with van der Waals surface area (Å²) in [6, 6.07) is 4.44. The Balaban J connectivity index is 2.09. The van der Waals surface area contributed by atoms with E-state index < -0.39 is 10.0 Å². The summed E-state index contributed by atoms with van der Waals surface area (Å²) in [6.45, 7) is 0.446. The van der Waals surface area contributed by atoms with Gasteiger partial charge < -0.3 is 0 Å². The third-order valence-corrected chi connectivity index (χ3v) is 6.70. The first-order valence-electron chi connectivity index (χ1n) is 6.44. The summed E-state index contributed by atoms with van der Waals surface area (Å²) in [5.41, 5.74) is 0. The number of hydrogen-bond donors (Lipinski definition) is 1. The molecule has 2 unspecified atom stereocenters. The first kappa shape index (κ1) is 16.6. The highest BCUT2D eigenvalue weighted by Gasteiger charge is 2.28. The molecule has 1 aromatic rings. The van der Waals surface area contributed by atoms with E-state index in [-0.39, 0.29) is 9.92 Å². The van der Waals surface area contributed by atoms with E-state index in [1.807, 2.05) is 0 Å². The normalized spacial score (nSPS) is 23.1. The second-order valence-corrected chi connectivity index (χ2v) is 8.26. The average molecular weight is 401 g/mol. The predicted molar refractivity (Wildman–Crippen MR) is 86.3 cm³/mol. The van der Waals surface area contributed by atoms with E-state index in [0.29, 0.717) is 23.4 Å². The predicted octanol–water partition coefficient (Wildman–Crippen LogP) is 4.08. The summed E-state index contributed by atoms with van der Waals surface area (Å²) < 4.78 is 27.2. The molecule has 0 aliphatic heterocycles. The molecular weight excluding hydrogens is 385 g/mol. The van der Waals surface area contributed by atoms with Crippen LogP contribution in [0.3, 0.4) is 0 Å². The van der Waals surface area contributed by atoms with Crippen molar-refractivity contribution in [1.29, 1.82) is 0 Å². The number of sulfonamides is 1. The highest BCUT2D eigenvalue weighted by atomic mass is 79.9. The Hall–Kier alpha value is 0.190. The lowest BCUT2D eigenvalue weighted by atomic mass is 9.99. The maximum Gasteiger partial charge on any atom is 0.242 e. The third kappa shape index (κ3) is 3.89. The minimum atomic E-state index is -3.61. The Morgan fingerprint density at radius 1 is 1.25 bits per heavy atom. The Morgan fingerprint density at radius 2 is 1.95 bits per heavy atom. The Kier molecular flexibility index (Phi) is 5.77. The molecule has 1 aliphatic rings. The van der Waals surface area contributed by atoms with E-state index in [1.165, 1.54) is 12.1 Å². The molecule has 0 radical (unpaired) electrons. The lowest BCUT2D eigenvalue weighted by Crippen LogP contribution is -2.31.